The third kappa shape index (κ3) is 6.91. The maximum absolute atomic E-state index is 13.5. The molecule has 1 saturated heterocycles. The number of hydrogen-bond acceptors (Lipinski definition) is 9. The molecule has 2 aromatic carbocycles. The zero-order chi connectivity index (χ0) is 30.4. The second-order valence-corrected chi connectivity index (χ2v) is 11.7. The van der Waals surface area contributed by atoms with Crippen LogP contribution in [-0.2, 0) is 27.4 Å². The lowest BCUT2D eigenvalue weighted by Crippen LogP contribution is -2.31. The molecule has 1 aliphatic carbocycles. The van der Waals surface area contributed by atoms with Crippen molar-refractivity contribution in [2.75, 3.05) is 39.8 Å². The van der Waals surface area contributed by atoms with Crippen LogP contribution in [0.15, 0.2) is 48.5 Å². The van der Waals surface area contributed by atoms with Crippen LogP contribution in [0.25, 0.3) is 0 Å². The zero-order valence-electron chi connectivity index (χ0n) is 24.5. The minimum atomic E-state index is -0.607. The Morgan fingerprint density at radius 1 is 1.07 bits per heavy atom. The van der Waals surface area contributed by atoms with Crippen molar-refractivity contribution in [2.24, 2.45) is 5.41 Å². The van der Waals surface area contributed by atoms with Crippen molar-refractivity contribution in [1.29, 1.82) is 0 Å². The van der Waals surface area contributed by atoms with Crippen molar-refractivity contribution in [3.05, 3.63) is 70.4 Å². The Morgan fingerprint density at radius 2 is 1.86 bits per heavy atom. The van der Waals surface area contributed by atoms with E-state index in [1.165, 1.54) is 11.3 Å². The number of nitrogens with zero attached hydrogens (tertiary/aromatic N) is 2. The van der Waals surface area contributed by atoms with Gasteiger partial charge in [-0.15, -0.1) is 0 Å². The SMILES string of the molecule is COCC1(C(=O)Nc2sc(C3CCCN3C(=O)OCc3ccccc3)nc2C(=O)NCc2ccc(OC)cc2OC)CC1. The molecule has 43 heavy (non-hydrogen) atoms. The maximum Gasteiger partial charge on any atom is 0.410 e. The predicted octanol–water partition coefficient (Wildman–Crippen LogP) is 4.93. The summed E-state index contributed by atoms with van der Waals surface area (Å²) in [4.78, 5) is 46.2. The molecule has 0 bridgehead atoms. The smallest absolute Gasteiger partial charge is 0.410 e. The molecule has 2 aliphatic rings. The number of benzene rings is 2. The number of nitrogens with one attached hydrogen (secondary N) is 2. The van der Waals surface area contributed by atoms with Gasteiger partial charge < -0.3 is 29.6 Å². The van der Waals surface area contributed by atoms with Crippen LogP contribution in [0.3, 0.4) is 0 Å². The van der Waals surface area contributed by atoms with Crippen molar-refractivity contribution in [2.45, 2.75) is 44.9 Å². The number of thiazole rings is 1. The van der Waals surface area contributed by atoms with E-state index in [2.05, 4.69) is 15.6 Å². The van der Waals surface area contributed by atoms with Gasteiger partial charge in [0.25, 0.3) is 5.91 Å². The van der Waals surface area contributed by atoms with Gasteiger partial charge in [-0.25, -0.2) is 9.78 Å². The van der Waals surface area contributed by atoms with Gasteiger partial charge in [0.1, 0.15) is 28.1 Å². The molecule has 1 unspecified atom stereocenters. The summed E-state index contributed by atoms with van der Waals surface area (Å²) < 4.78 is 21.6. The quantitative estimate of drug-likeness (QED) is 0.296. The van der Waals surface area contributed by atoms with Crippen LogP contribution in [0, 0.1) is 5.41 Å². The van der Waals surface area contributed by atoms with Crippen LogP contribution in [0.5, 0.6) is 11.5 Å². The highest BCUT2D eigenvalue weighted by molar-refractivity contribution is 7.16. The number of carbonyl (C=O) groups is 3. The van der Waals surface area contributed by atoms with Crippen molar-refractivity contribution < 1.29 is 33.3 Å². The monoisotopic (exact) mass is 608 g/mol. The summed E-state index contributed by atoms with van der Waals surface area (Å²) >= 11 is 1.21. The highest BCUT2D eigenvalue weighted by Crippen LogP contribution is 2.47. The first-order valence-corrected chi connectivity index (χ1v) is 15.0. The van der Waals surface area contributed by atoms with Crippen LogP contribution in [-0.4, -0.2) is 62.3 Å². The van der Waals surface area contributed by atoms with Gasteiger partial charge in [0, 0.05) is 31.8 Å². The van der Waals surface area contributed by atoms with Gasteiger partial charge in [0.2, 0.25) is 5.91 Å². The fraction of sp³-hybridized carbons (Fsp3) is 0.419. The van der Waals surface area contributed by atoms with Crippen molar-refractivity contribution in [1.82, 2.24) is 15.2 Å². The average molecular weight is 609 g/mol. The van der Waals surface area contributed by atoms with Gasteiger partial charge in [-0.1, -0.05) is 41.7 Å². The molecule has 3 amide bonds. The molecule has 0 radical (unpaired) electrons. The summed E-state index contributed by atoms with van der Waals surface area (Å²) in [6.07, 6.45) is 2.41. The summed E-state index contributed by atoms with van der Waals surface area (Å²) in [6.45, 7) is 1.13. The molecule has 1 saturated carbocycles. The first kappa shape index (κ1) is 30.3. The lowest BCUT2D eigenvalue weighted by atomic mass is 10.1. The second-order valence-electron chi connectivity index (χ2n) is 10.6. The summed E-state index contributed by atoms with van der Waals surface area (Å²) in [5, 5.41) is 6.75. The van der Waals surface area contributed by atoms with Crippen LogP contribution in [0.1, 0.15) is 58.3 Å². The van der Waals surface area contributed by atoms with Crippen molar-refractivity contribution >= 4 is 34.2 Å². The molecule has 2 heterocycles. The maximum atomic E-state index is 13.5. The molecule has 12 heteroatoms. The highest BCUT2D eigenvalue weighted by Gasteiger charge is 2.50. The molecule has 0 spiro atoms. The molecule has 2 N–H and O–H groups in total. The zero-order valence-corrected chi connectivity index (χ0v) is 25.3. The van der Waals surface area contributed by atoms with Gasteiger partial charge >= 0.3 is 6.09 Å². The van der Waals surface area contributed by atoms with E-state index < -0.39 is 17.4 Å². The fourth-order valence-electron chi connectivity index (χ4n) is 5.12. The average Bonchev–Trinajstić information content (AvgIpc) is 3.45. The summed E-state index contributed by atoms with van der Waals surface area (Å²) in [5.74, 6) is 0.539. The van der Waals surface area contributed by atoms with Gasteiger partial charge in [-0.05, 0) is 43.4 Å². The topological polar surface area (TPSA) is 128 Å². The van der Waals surface area contributed by atoms with E-state index in [1.807, 2.05) is 36.4 Å². The number of amides is 3. The van der Waals surface area contributed by atoms with E-state index in [-0.39, 0.29) is 30.8 Å². The first-order chi connectivity index (χ1) is 20.9. The predicted molar refractivity (Wildman–Crippen MR) is 160 cm³/mol. The van der Waals surface area contributed by atoms with Gasteiger partial charge in [0.05, 0.1) is 32.3 Å². The number of methoxy groups -OCH3 is 3. The number of anilines is 1. The molecule has 3 aromatic rings. The molecular weight excluding hydrogens is 572 g/mol. The van der Waals surface area contributed by atoms with Crippen LogP contribution >= 0.6 is 11.3 Å². The third-order valence-corrected chi connectivity index (χ3v) is 8.82. The van der Waals surface area contributed by atoms with Gasteiger partial charge in [-0.3, -0.25) is 14.5 Å². The van der Waals surface area contributed by atoms with E-state index >= 15 is 0 Å². The molecule has 1 aromatic heterocycles. The largest absolute Gasteiger partial charge is 0.497 e. The van der Waals surface area contributed by atoms with E-state index in [0.717, 1.165) is 17.5 Å². The Balaban J connectivity index is 1.35. The summed E-state index contributed by atoms with van der Waals surface area (Å²) in [6, 6.07) is 14.4. The van der Waals surface area contributed by atoms with Crippen LogP contribution in [0.2, 0.25) is 0 Å². The molecule has 5 rings (SSSR count). The van der Waals surface area contributed by atoms with E-state index in [9.17, 15) is 14.4 Å². The van der Waals surface area contributed by atoms with Gasteiger partial charge in [0.15, 0.2) is 5.69 Å². The number of aromatic nitrogens is 1. The number of ether oxygens (including phenoxy) is 4. The van der Waals surface area contributed by atoms with E-state index in [4.69, 9.17) is 18.9 Å². The molecular formula is C31H36N4O7S. The standard InChI is InChI=1S/C31H36N4O7S/c1-39-19-31(13-14-31)29(37)34-28-25(26(36)32-17-21-11-12-22(40-2)16-24(21)41-3)33-27(43-28)23-10-7-15-35(23)30(38)42-18-20-8-5-4-6-9-20/h4-6,8-9,11-12,16,23H,7,10,13-15,17-19H2,1-3H3,(H,32,36)(H,34,37). The highest BCUT2D eigenvalue weighted by atomic mass is 32.1. The number of rotatable bonds is 12. The Morgan fingerprint density at radius 3 is 2.56 bits per heavy atom. The Hall–Kier alpha value is -4.16. The number of carbonyl (C=O) groups excluding carboxylic acids is 3. The number of likely N-dealkylation sites (tertiary alicyclic amines) is 1. The van der Waals surface area contributed by atoms with Crippen molar-refractivity contribution in [3.8, 4) is 11.5 Å². The summed E-state index contributed by atoms with van der Waals surface area (Å²) in [7, 11) is 4.68. The number of hydrogen-bond donors (Lipinski definition) is 2. The second kappa shape index (κ2) is 13.4. The lowest BCUT2D eigenvalue weighted by molar-refractivity contribution is -0.122. The minimum Gasteiger partial charge on any atom is -0.497 e. The normalized spacial score (nSPS) is 16.8. The fourth-order valence-corrected chi connectivity index (χ4v) is 6.22. The van der Waals surface area contributed by atoms with Gasteiger partial charge in [-0.2, -0.15) is 0 Å². The van der Waals surface area contributed by atoms with Crippen molar-refractivity contribution in [3.63, 3.8) is 0 Å². The molecule has 11 nitrogen and oxygen atoms in total. The van der Waals surface area contributed by atoms with Crippen LogP contribution in [0.4, 0.5) is 9.80 Å². The lowest BCUT2D eigenvalue weighted by Gasteiger charge is -2.22. The third-order valence-electron chi connectivity index (χ3n) is 7.75. The molecule has 1 aliphatic heterocycles. The molecule has 1 atom stereocenters. The molecule has 2 fully saturated rings. The van der Waals surface area contributed by atoms with Crippen LogP contribution < -0.4 is 20.1 Å². The molecule has 228 valence electrons. The Kier molecular flexibility index (Phi) is 9.46. The van der Waals surface area contributed by atoms with E-state index in [0.29, 0.717) is 53.9 Å². The van der Waals surface area contributed by atoms with E-state index in [1.54, 1.807) is 38.4 Å². The Bertz CT molecular complexity index is 1460. The summed E-state index contributed by atoms with van der Waals surface area (Å²) in [5.41, 5.74) is 1.13. The Labute approximate surface area is 254 Å². The first-order valence-electron chi connectivity index (χ1n) is 14.1. The minimum absolute atomic E-state index is 0.0959.